The summed E-state index contributed by atoms with van der Waals surface area (Å²) in [6.07, 6.45) is -0.303. The summed E-state index contributed by atoms with van der Waals surface area (Å²) in [5, 5.41) is 0. The van der Waals surface area contributed by atoms with Crippen LogP contribution in [0.3, 0.4) is 0 Å². The standard InChI is InChI=1S/C21H16O2/c1-14-7-12-18-19(13-14)20(23-21(18)22)17-10-8-16(9-11-17)15-5-3-2-4-6-15/h2-13,20H,1H3. The normalized spacial score (nSPS) is 16.0. The summed E-state index contributed by atoms with van der Waals surface area (Å²) in [5.74, 6) is -0.239. The molecule has 3 aromatic carbocycles. The van der Waals surface area contributed by atoms with Gasteiger partial charge in [-0.1, -0.05) is 72.3 Å². The lowest BCUT2D eigenvalue weighted by Gasteiger charge is -2.12. The van der Waals surface area contributed by atoms with Gasteiger partial charge in [0.1, 0.15) is 0 Å². The van der Waals surface area contributed by atoms with Crippen molar-refractivity contribution in [3.8, 4) is 11.1 Å². The van der Waals surface area contributed by atoms with Crippen molar-refractivity contribution >= 4 is 5.97 Å². The minimum Gasteiger partial charge on any atom is -0.449 e. The molecule has 0 N–H and O–H groups in total. The summed E-state index contributed by atoms with van der Waals surface area (Å²) in [4.78, 5) is 12.0. The van der Waals surface area contributed by atoms with Crippen molar-refractivity contribution in [3.63, 3.8) is 0 Å². The average molecular weight is 300 g/mol. The number of esters is 1. The lowest BCUT2D eigenvalue weighted by atomic mass is 9.96. The molecule has 1 atom stereocenters. The molecule has 0 aromatic heterocycles. The Labute approximate surface area is 135 Å². The number of rotatable bonds is 2. The highest BCUT2D eigenvalue weighted by Crippen LogP contribution is 2.36. The van der Waals surface area contributed by atoms with Crippen LogP contribution >= 0.6 is 0 Å². The first-order valence-electron chi connectivity index (χ1n) is 7.69. The number of carbonyl (C=O) groups is 1. The molecular formula is C21H16O2. The maximum atomic E-state index is 12.0. The van der Waals surface area contributed by atoms with E-state index in [-0.39, 0.29) is 12.1 Å². The van der Waals surface area contributed by atoms with Gasteiger partial charge in [0.15, 0.2) is 6.10 Å². The molecule has 0 saturated carbocycles. The maximum Gasteiger partial charge on any atom is 0.339 e. The van der Waals surface area contributed by atoms with Crippen LogP contribution in [-0.2, 0) is 4.74 Å². The first-order valence-corrected chi connectivity index (χ1v) is 7.69. The van der Waals surface area contributed by atoms with Crippen molar-refractivity contribution in [2.45, 2.75) is 13.0 Å². The highest BCUT2D eigenvalue weighted by molar-refractivity contribution is 5.94. The van der Waals surface area contributed by atoms with Gasteiger partial charge in [0.2, 0.25) is 0 Å². The molecular weight excluding hydrogens is 284 g/mol. The lowest BCUT2D eigenvalue weighted by molar-refractivity contribution is 0.0456. The van der Waals surface area contributed by atoms with Crippen LogP contribution in [0, 0.1) is 6.92 Å². The molecule has 2 heteroatoms. The van der Waals surface area contributed by atoms with Gasteiger partial charge in [0.25, 0.3) is 0 Å². The summed E-state index contributed by atoms with van der Waals surface area (Å²) in [7, 11) is 0. The zero-order chi connectivity index (χ0) is 15.8. The van der Waals surface area contributed by atoms with Crippen LogP contribution < -0.4 is 0 Å². The topological polar surface area (TPSA) is 26.3 Å². The molecule has 3 aromatic rings. The van der Waals surface area contributed by atoms with E-state index in [0.717, 1.165) is 22.3 Å². The fourth-order valence-electron chi connectivity index (χ4n) is 3.05. The number of hydrogen-bond donors (Lipinski definition) is 0. The van der Waals surface area contributed by atoms with Gasteiger partial charge in [-0.15, -0.1) is 0 Å². The number of carbonyl (C=O) groups excluding carboxylic acids is 1. The highest BCUT2D eigenvalue weighted by Gasteiger charge is 2.31. The van der Waals surface area contributed by atoms with Crippen molar-refractivity contribution in [1.82, 2.24) is 0 Å². The first kappa shape index (κ1) is 13.8. The van der Waals surface area contributed by atoms with E-state index in [4.69, 9.17) is 4.74 Å². The quantitative estimate of drug-likeness (QED) is 0.628. The van der Waals surface area contributed by atoms with Gasteiger partial charge < -0.3 is 4.74 Å². The van der Waals surface area contributed by atoms with E-state index in [1.54, 1.807) is 0 Å². The molecule has 0 bridgehead atoms. The van der Waals surface area contributed by atoms with Crippen LogP contribution in [-0.4, -0.2) is 5.97 Å². The molecule has 2 nitrogen and oxygen atoms in total. The summed E-state index contributed by atoms with van der Waals surface area (Å²) >= 11 is 0. The monoisotopic (exact) mass is 300 g/mol. The predicted molar refractivity (Wildman–Crippen MR) is 90.3 cm³/mol. The van der Waals surface area contributed by atoms with Crippen molar-refractivity contribution in [3.05, 3.63) is 95.1 Å². The predicted octanol–water partition coefficient (Wildman–Crippen LogP) is 4.92. The van der Waals surface area contributed by atoms with E-state index in [1.807, 2.05) is 55.5 Å². The van der Waals surface area contributed by atoms with E-state index in [2.05, 4.69) is 24.3 Å². The largest absolute Gasteiger partial charge is 0.449 e. The van der Waals surface area contributed by atoms with Gasteiger partial charge >= 0.3 is 5.97 Å². The third kappa shape index (κ3) is 2.42. The van der Waals surface area contributed by atoms with Crippen molar-refractivity contribution in [1.29, 1.82) is 0 Å². The van der Waals surface area contributed by atoms with Crippen LogP contribution in [0.5, 0.6) is 0 Å². The Kier molecular flexibility index (Phi) is 3.23. The van der Waals surface area contributed by atoms with E-state index in [0.29, 0.717) is 5.56 Å². The summed E-state index contributed by atoms with van der Waals surface area (Å²) in [5.41, 5.74) is 6.10. The Hall–Kier alpha value is -2.87. The van der Waals surface area contributed by atoms with E-state index in [9.17, 15) is 4.79 Å². The molecule has 1 unspecified atom stereocenters. The molecule has 112 valence electrons. The van der Waals surface area contributed by atoms with Crippen molar-refractivity contribution in [2.24, 2.45) is 0 Å². The van der Waals surface area contributed by atoms with Crippen LogP contribution in [0.15, 0.2) is 72.8 Å². The number of ether oxygens (including phenoxy) is 1. The van der Waals surface area contributed by atoms with E-state index < -0.39 is 0 Å². The smallest absolute Gasteiger partial charge is 0.339 e. The minimum absolute atomic E-state index is 0.239. The molecule has 1 aliphatic rings. The molecule has 0 spiro atoms. The second kappa shape index (κ2) is 5.40. The molecule has 1 aliphatic heterocycles. The van der Waals surface area contributed by atoms with Gasteiger partial charge in [0.05, 0.1) is 5.56 Å². The molecule has 1 heterocycles. The van der Waals surface area contributed by atoms with Crippen LogP contribution in [0.25, 0.3) is 11.1 Å². The van der Waals surface area contributed by atoms with Gasteiger partial charge in [-0.05, 0) is 29.7 Å². The number of aryl methyl sites for hydroxylation is 1. The fraction of sp³-hybridized carbons (Fsp3) is 0.0952. The van der Waals surface area contributed by atoms with Crippen LogP contribution in [0.4, 0.5) is 0 Å². The van der Waals surface area contributed by atoms with Gasteiger partial charge in [-0.25, -0.2) is 4.79 Å². The van der Waals surface area contributed by atoms with Gasteiger partial charge in [-0.3, -0.25) is 0 Å². The highest BCUT2D eigenvalue weighted by atomic mass is 16.5. The molecule has 0 aliphatic carbocycles. The van der Waals surface area contributed by atoms with Gasteiger partial charge in [0, 0.05) is 5.56 Å². The molecule has 0 fully saturated rings. The Morgan fingerprint density at radius 3 is 2.26 bits per heavy atom. The molecule has 23 heavy (non-hydrogen) atoms. The van der Waals surface area contributed by atoms with Crippen LogP contribution in [0.2, 0.25) is 0 Å². The second-order valence-corrected chi connectivity index (χ2v) is 5.86. The summed E-state index contributed by atoms with van der Waals surface area (Å²) < 4.78 is 5.58. The number of hydrogen-bond acceptors (Lipinski definition) is 2. The lowest BCUT2D eigenvalue weighted by Crippen LogP contribution is -2.00. The Bertz CT molecular complexity index is 864. The third-order valence-electron chi connectivity index (χ3n) is 4.25. The SMILES string of the molecule is Cc1ccc2c(c1)C(c1ccc(-c3ccccc3)cc1)OC2=O. The first-order chi connectivity index (χ1) is 11.2. The molecule has 0 saturated heterocycles. The van der Waals surface area contributed by atoms with E-state index >= 15 is 0 Å². The van der Waals surface area contributed by atoms with Crippen molar-refractivity contribution < 1.29 is 9.53 Å². The Balaban J connectivity index is 1.70. The minimum atomic E-state index is -0.303. The Morgan fingerprint density at radius 1 is 0.826 bits per heavy atom. The molecule has 4 rings (SSSR count). The molecule has 0 radical (unpaired) electrons. The number of benzene rings is 3. The van der Waals surface area contributed by atoms with E-state index in [1.165, 1.54) is 5.56 Å². The maximum absolute atomic E-state index is 12.0. The Morgan fingerprint density at radius 2 is 1.52 bits per heavy atom. The summed E-state index contributed by atoms with van der Waals surface area (Å²) in [6, 6.07) is 24.3. The van der Waals surface area contributed by atoms with Crippen LogP contribution in [0.1, 0.15) is 33.2 Å². The zero-order valence-electron chi connectivity index (χ0n) is 12.8. The fourth-order valence-corrected chi connectivity index (χ4v) is 3.05. The average Bonchev–Trinajstić information content (AvgIpc) is 2.92. The molecule has 0 amide bonds. The summed E-state index contributed by atoms with van der Waals surface area (Å²) in [6.45, 7) is 2.03. The van der Waals surface area contributed by atoms with Crippen molar-refractivity contribution in [2.75, 3.05) is 0 Å². The van der Waals surface area contributed by atoms with Gasteiger partial charge in [-0.2, -0.15) is 0 Å². The third-order valence-corrected chi connectivity index (χ3v) is 4.25. The number of cyclic esters (lactones) is 1. The number of fused-ring (bicyclic) bond motifs is 1. The second-order valence-electron chi connectivity index (χ2n) is 5.86. The zero-order valence-corrected chi connectivity index (χ0v) is 12.8.